The molecule has 0 amide bonds. The molecule has 2 aromatic heterocycles. The number of anilines is 2. The molecule has 7 nitrogen and oxygen atoms in total. The van der Waals surface area contributed by atoms with Crippen molar-refractivity contribution >= 4 is 40.9 Å². The van der Waals surface area contributed by atoms with Crippen LogP contribution >= 0.6 is 23.2 Å². The summed E-state index contributed by atoms with van der Waals surface area (Å²) in [6.45, 7) is 0. The Morgan fingerprint density at radius 1 is 1.21 bits per heavy atom. The summed E-state index contributed by atoms with van der Waals surface area (Å²) in [7, 11) is 4.09. The van der Waals surface area contributed by atoms with E-state index in [1.165, 1.54) is 37.5 Å². The number of benzene rings is 1. The number of aromatic nitrogens is 2. The number of rotatable bonds is 5. The summed E-state index contributed by atoms with van der Waals surface area (Å²) in [5, 5.41) is 0.00895. The van der Waals surface area contributed by atoms with Gasteiger partial charge in [-0.3, -0.25) is 4.90 Å². The normalized spacial score (nSPS) is 10.6. The minimum atomic E-state index is -0.802. The molecule has 0 radical (unpaired) electrons. The van der Waals surface area contributed by atoms with Crippen LogP contribution in [0.25, 0.3) is 11.4 Å². The fourth-order valence-electron chi connectivity index (χ4n) is 2.47. The van der Waals surface area contributed by atoms with Crippen LogP contribution in [0.3, 0.4) is 0 Å². The number of carbonyl (C=O) groups is 1. The molecule has 0 N–H and O–H groups in total. The van der Waals surface area contributed by atoms with Gasteiger partial charge >= 0.3 is 5.97 Å². The van der Waals surface area contributed by atoms with Gasteiger partial charge in [0.1, 0.15) is 5.02 Å². The summed E-state index contributed by atoms with van der Waals surface area (Å²) in [4.78, 5) is 22.1. The lowest BCUT2D eigenvalue weighted by Crippen LogP contribution is -2.16. The van der Waals surface area contributed by atoms with E-state index in [0.29, 0.717) is 5.88 Å². The number of methoxy groups -OCH3 is 2. The number of ether oxygens (including phenoxy) is 2. The quantitative estimate of drug-likeness (QED) is 0.545. The van der Waals surface area contributed by atoms with Gasteiger partial charge in [0.15, 0.2) is 28.9 Å². The molecular weight excluding hydrogens is 412 g/mol. The van der Waals surface area contributed by atoms with Crippen LogP contribution in [0.15, 0.2) is 34.9 Å². The van der Waals surface area contributed by atoms with Gasteiger partial charge in [0, 0.05) is 13.1 Å². The van der Waals surface area contributed by atoms with Gasteiger partial charge in [-0.15, -0.1) is 0 Å². The molecule has 0 saturated heterocycles. The topological polar surface area (TPSA) is 77.7 Å². The highest BCUT2D eigenvalue weighted by Gasteiger charge is 2.25. The lowest BCUT2D eigenvalue weighted by atomic mass is 10.1. The predicted octanol–water partition coefficient (Wildman–Crippen LogP) is 4.75. The highest BCUT2D eigenvalue weighted by atomic mass is 35.5. The molecule has 0 saturated carbocycles. The van der Waals surface area contributed by atoms with Crippen molar-refractivity contribution < 1.29 is 23.1 Å². The van der Waals surface area contributed by atoms with Crippen molar-refractivity contribution in [3.8, 4) is 17.1 Å². The van der Waals surface area contributed by atoms with Gasteiger partial charge in [0.05, 0.1) is 31.1 Å². The van der Waals surface area contributed by atoms with Gasteiger partial charge < -0.3 is 13.9 Å². The first-order valence-electron chi connectivity index (χ1n) is 7.84. The number of halogens is 3. The first-order chi connectivity index (χ1) is 13.4. The zero-order valence-electron chi connectivity index (χ0n) is 15.0. The third-order valence-electron chi connectivity index (χ3n) is 3.86. The van der Waals surface area contributed by atoms with Gasteiger partial charge in [0.25, 0.3) is 0 Å². The molecule has 0 fully saturated rings. The Balaban J connectivity index is 2.25. The van der Waals surface area contributed by atoms with Crippen molar-refractivity contribution in [3.63, 3.8) is 0 Å². The Bertz CT molecular complexity index is 1030. The maximum Gasteiger partial charge on any atom is 0.358 e. The predicted molar refractivity (Wildman–Crippen MR) is 102 cm³/mol. The van der Waals surface area contributed by atoms with E-state index in [0.717, 1.165) is 0 Å². The van der Waals surface area contributed by atoms with Crippen LogP contribution in [0.1, 0.15) is 10.5 Å². The van der Waals surface area contributed by atoms with E-state index in [1.54, 1.807) is 19.2 Å². The average Bonchev–Trinajstić information content (AvgIpc) is 3.22. The molecule has 146 valence electrons. The monoisotopic (exact) mass is 425 g/mol. The zero-order valence-corrected chi connectivity index (χ0v) is 16.5. The Hall–Kier alpha value is -2.84. The molecular formula is C18H14Cl2FN3O4. The summed E-state index contributed by atoms with van der Waals surface area (Å²) in [5.74, 6) is -1.33. The van der Waals surface area contributed by atoms with Crippen LogP contribution in [0.4, 0.5) is 16.1 Å². The number of hydrogen-bond donors (Lipinski definition) is 0. The second-order valence-electron chi connectivity index (χ2n) is 5.48. The molecule has 0 aliphatic heterocycles. The van der Waals surface area contributed by atoms with Gasteiger partial charge in [0.2, 0.25) is 5.88 Å². The lowest BCUT2D eigenvalue weighted by molar-refractivity contribution is 0.0594. The van der Waals surface area contributed by atoms with E-state index in [4.69, 9.17) is 37.1 Å². The molecule has 3 rings (SSSR count). The van der Waals surface area contributed by atoms with Crippen molar-refractivity contribution in [2.45, 2.75) is 0 Å². The van der Waals surface area contributed by atoms with E-state index in [1.807, 2.05) is 0 Å². The molecule has 0 unspecified atom stereocenters. The van der Waals surface area contributed by atoms with E-state index in [2.05, 4.69) is 9.97 Å². The first kappa shape index (κ1) is 19.9. The van der Waals surface area contributed by atoms with Crippen molar-refractivity contribution in [1.82, 2.24) is 9.97 Å². The average molecular weight is 426 g/mol. The molecule has 1 aromatic carbocycles. The van der Waals surface area contributed by atoms with Crippen LogP contribution in [0.2, 0.25) is 10.0 Å². The van der Waals surface area contributed by atoms with Crippen molar-refractivity contribution in [1.29, 1.82) is 0 Å². The zero-order chi connectivity index (χ0) is 20.4. The fourth-order valence-corrected chi connectivity index (χ4v) is 2.98. The summed E-state index contributed by atoms with van der Waals surface area (Å²) in [6.07, 6.45) is 1.47. The first-order valence-corrected chi connectivity index (χ1v) is 8.60. The summed E-state index contributed by atoms with van der Waals surface area (Å²) < 4.78 is 29.9. The standard InChI is InChI=1S/C18H14Cl2FN3O4/c1-24(11-5-4-8-28-11)17-12(20)14(18(25)27-3)22-16(23-17)9-6-7-10(19)15(26-2)13(9)21/h4-8H,1-3H3. The SMILES string of the molecule is COC(=O)c1nc(-c2ccc(Cl)c(OC)c2F)nc(N(C)c2ccco2)c1Cl. The Kier molecular flexibility index (Phi) is 5.71. The highest BCUT2D eigenvalue weighted by Crippen LogP contribution is 2.37. The van der Waals surface area contributed by atoms with Crippen molar-refractivity contribution in [3.05, 3.63) is 52.1 Å². The van der Waals surface area contributed by atoms with Crippen LogP contribution in [-0.4, -0.2) is 37.2 Å². The molecule has 10 heteroatoms. The van der Waals surface area contributed by atoms with Gasteiger partial charge in [-0.1, -0.05) is 23.2 Å². The maximum absolute atomic E-state index is 14.9. The van der Waals surface area contributed by atoms with E-state index in [-0.39, 0.29) is 38.7 Å². The Morgan fingerprint density at radius 2 is 1.96 bits per heavy atom. The largest absolute Gasteiger partial charge is 0.492 e. The second kappa shape index (κ2) is 8.04. The summed E-state index contributed by atoms with van der Waals surface area (Å²) >= 11 is 12.3. The third kappa shape index (κ3) is 3.48. The molecule has 2 heterocycles. The van der Waals surface area contributed by atoms with Crippen LogP contribution in [-0.2, 0) is 4.74 Å². The van der Waals surface area contributed by atoms with Crippen LogP contribution < -0.4 is 9.64 Å². The highest BCUT2D eigenvalue weighted by molar-refractivity contribution is 6.35. The lowest BCUT2D eigenvalue weighted by Gasteiger charge is -2.19. The molecule has 0 aliphatic rings. The Labute approximate surface area is 169 Å². The third-order valence-corrected chi connectivity index (χ3v) is 4.51. The number of carbonyl (C=O) groups excluding carboxylic acids is 1. The molecule has 3 aromatic rings. The van der Waals surface area contributed by atoms with Crippen LogP contribution in [0, 0.1) is 5.82 Å². The molecule has 0 bridgehead atoms. The number of nitrogens with zero attached hydrogens (tertiary/aromatic N) is 3. The smallest absolute Gasteiger partial charge is 0.358 e. The van der Waals surface area contributed by atoms with Gasteiger partial charge in [-0.2, -0.15) is 0 Å². The molecule has 0 spiro atoms. The maximum atomic E-state index is 14.9. The van der Waals surface area contributed by atoms with Crippen LogP contribution in [0.5, 0.6) is 5.75 Å². The number of hydrogen-bond acceptors (Lipinski definition) is 7. The molecule has 28 heavy (non-hydrogen) atoms. The van der Waals surface area contributed by atoms with Crippen molar-refractivity contribution in [2.24, 2.45) is 0 Å². The minimum Gasteiger partial charge on any atom is -0.492 e. The minimum absolute atomic E-state index is 0.0304. The van der Waals surface area contributed by atoms with E-state index < -0.39 is 11.8 Å². The molecule has 0 aliphatic carbocycles. The number of furan rings is 1. The number of esters is 1. The van der Waals surface area contributed by atoms with Gasteiger partial charge in [-0.25, -0.2) is 19.2 Å². The van der Waals surface area contributed by atoms with Crippen molar-refractivity contribution in [2.75, 3.05) is 26.2 Å². The fraction of sp³-hybridized carbons (Fsp3) is 0.167. The van der Waals surface area contributed by atoms with E-state index in [9.17, 15) is 9.18 Å². The summed E-state index contributed by atoms with van der Waals surface area (Å²) in [6, 6.07) is 6.15. The summed E-state index contributed by atoms with van der Waals surface area (Å²) in [5.41, 5.74) is -0.256. The van der Waals surface area contributed by atoms with E-state index >= 15 is 0 Å². The Morgan fingerprint density at radius 3 is 2.57 bits per heavy atom. The second-order valence-corrected chi connectivity index (χ2v) is 6.26. The molecule has 0 atom stereocenters. The van der Waals surface area contributed by atoms with Gasteiger partial charge in [-0.05, 0) is 18.2 Å².